The lowest BCUT2D eigenvalue weighted by molar-refractivity contribution is 0.847. The Morgan fingerprint density at radius 2 is 1.69 bits per heavy atom. The molecule has 5 heteroatoms. The first-order valence-corrected chi connectivity index (χ1v) is 10.5. The summed E-state index contributed by atoms with van der Waals surface area (Å²) in [6, 6.07) is 12.9. The first-order valence-electron chi connectivity index (χ1n) is 8.43. The first kappa shape index (κ1) is 18.7. The molecule has 3 rings (SSSR count). The molecule has 0 bridgehead atoms. The third-order valence-electron chi connectivity index (χ3n) is 4.43. The number of rotatable bonds is 4. The molecule has 0 amide bonds. The van der Waals surface area contributed by atoms with Crippen LogP contribution in [0, 0.1) is 20.8 Å². The molecule has 0 spiro atoms. The van der Waals surface area contributed by atoms with Crippen LogP contribution in [0.25, 0.3) is 11.3 Å². The molecular weight excluding hydrogens is 358 g/mol. The highest BCUT2D eigenvalue weighted by Gasteiger charge is 2.11. The fourth-order valence-electron chi connectivity index (χ4n) is 2.80. The van der Waals surface area contributed by atoms with Gasteiger partial charge in [0.15, 0.2) is 0 Å². The van der Waals surface area contributed by atoms with Crippen LogP contribution in [0.3, 0.4) is 0 Å². The van der Waals surface area contributed by atoms with E-state index in [4.69, 9.17) is 5.10 Å². The summed E-state index contributed by atoms with van der Waals surface area (Å²) in [5, 5.41) is 6.87. The number of aryl methyl sites for hydroxylation is 3. The number of nitrogens with zero attached hydrogens (tertiary/aromatic N) is 3. The van der Waals surface area contributed by atoms with Gasteiger partial charge >= 0.3 is 0 Å². The zero-order chi connectivity index (χ0) is 18.7. The minimum atomic E-state index is 0.884. The molecule has 134 valence electrons. The van der Waals surface area contributed by atoms with E-state index in [-0.39, 0.29) is 0 Å². The topological polar surface area (TPSA) is 29.6 Å². The predicted molar refractivity (Wildman–Crippen MR) is 115 cm³/mol. The lowest BCUT2D eigenvalue weighted by Gasteiger charge is -2.10. The highest BCUT2D eigenvalue weighted by Crippen LogP contribution is 2.27. The molecule has 26 heavy (non-hydrogen) atoms. The third-order valence-corrected chi connectivity index (χ3v) is 6.08. The Labute approximate surface area is 163 Å². The molecule has 3 aromatic rings. The molecule has 0 saturated carbocycles. The Morgan fingerprint density at radius 3 is 2.35 bits per heavy atom. The highest BCUT2D eigenvalue weighted by molar-refractivity contribution is 7.98. The van der Waals surface area contributed by atoms with Crippen molar-refractivity contribution in [2.75, 3.05) is 13.3 Å². The lowest BCUT2D eigenvalue weighted by atomic mass is 9.99. The lowest BCUT2D eigenvalue weighted by Crippen LogP contribution is -2.12. The first-order chi connectivity index (χ1) is 12.5. The van der Waals surface area contributed by atoms with Crippen molar-refractivity contribution in [2.24, 2.45) is 10.1 Å². The van der Waals surface area contributed by atoms with E-state index in [1.54, 1.807) is 23.1 Å². The molecule has 2 aromatic carbocycles. The van der Waals surface area contributed by atoms with Crippen LogP contribution in [-0.4, -0.2) is 24.2 Å². The molecule has 0 saturated heterocycles. The quantitative estimate of drug-likeness (QED) is 0.447. The molecule has 3 nitrogen and oxygen atoms in total. The van der Waals surface area contributed by atoms with Crippen molar-refractivity contribution in [3.05, 3.63) is 68.8 Å². The van der Waals surface area contributed by atoms with E-state index in [1.807, 2.05) is 17.9 Å². The van der Waals surface area contributed by atoms with E-state index < -0.39 is 0 Å². The van der Waals surface area contributed by atoms with Crippen molar-refractivity contribution < 1.29 is 0 Å². The van der Waals surface area contributed by atoms with Gasteiger partial charge in [0.05, 0.1) is 11.9 Å². The molecule has 1 heterocycles. The largest absolute Gasteiger partial charge is 0.261 e. The third kappa shape index (κ3) is 3.84. The van der Waals surface area contributed by atoms with Crippen LogP contribution in [0.5, 0.6) is 0 Å². The summed E-state index contributed by atoms with van der Waals surface area (Å²) in [5.41, 5.74) is 7.20. The minimum absolute atomic E-state index is 0.884. The summed E-state index contributed by atoms with van der Waals surface area (Å²) < 4.78 is 1.93. The normalized spacial score (nSPS) is 12.3. The summed E-state index contributed by atoms with van der Waals surface area (Å²) >= 11 is 3.35. The highest BCUT2D eigenvalue weighted by atomic mass is 32.2. The van der Waals surface area contributed by atoms with Gasteiger partial charge in [-0.3, -0.25) is 4.99 Å². The second-order valence-electron chi connectivity index (χ2n) is 6.21. The van der Waals surface area contributed by atoms with Gasteiger partial charge in [-0.25, -0.2) is 4.68 Å². The Balaban J connectivity index is 2.06. The molecule has 0 aliphatic heterocycles. The van der Waals surface area contributed by atoms with Gasteiger partial charge in [-0.05, 0) is 67.5 Å². The molecule has 0 aliphatic carbocycles. The zero-order valence-corrected chi connectivity index (χ0v) is 17.4. The monoisotopic (exact) mass is 381 g/mol. The molecule has 0 atom stereocenters. The Morgan fingerprint density at radius 1 is 1.00 bits per heavy atom. The fourth-order valence-corrected chi connectivity index (χ4v) is 4.00. The van der Waals surface area contributed by atoms with Gasteiger partial charge in [0.25, 0.3) is 0 Å². The van der Waals surface area contributed by atoms with Gasteiger partial charge in [0, 0.05) is 22.9 Å². The van der Waals surface area contributed by atoms with Crippen molar-refractivity contribution in [3.63, 3.8) is 0 Å². The number of aromatic nitrogens is 1. The van der Waals surface area contributed by atoms with Gasteiger partial charge < -0.3 is 0 Å². The molecule has 0 N–H and O–H groups in total. The smallest absolute Gasteiger partial charge is 0.205 e. The maximum atomic E-state index is 4.73. The summed E-state index contributed by atoms with van der Waals surface area (Å²) in [6.45, 7) is 6.45. The van der Waals surface area contributed by atoms with Gasteiger partial charge in [-0.15, -0.1) is 23.1 Å². The zero-order valence-electron chi connectivity index (χ0n) is 15.8. The maximum Gasteiger partial charge on any atom is 0.205 e. The second-order valence-corrected chi connectivity index (χ2v) is 7.92. The fraction of sp³-hybridized carbons (Fsp3) is 0.238. The molecule has 0 radical (unpaired) electrons. The van der Waals surface area contributed by atoms with E-state index >= 15 is 0 Å². The minimum Gasteiger partial charge on any atom is -0.261 e. The average molecular weight is 382 g/mol. The van der Waals surface area contributed by atoms with Gasteiger partial charge in [0.1, 0.15) is 0 Å². The number of thiazole rings is 1. The standard InChI is InChI=1S/C21H23N3S2/c1-14-10-16(3)19(11-15(14)2)20-13-26-21(22-4)24(20)23-12-17-6-8-18(25-5)9-7-17/h6-13H,1-5H3. The van der Waals surface area contributed by atoms with Crippen molar-refractivity contribution in [3.8, 4) is 11.3 Å². The SMILES string of the molecule is CN=c1scc(-c2cc(C)c(C)cc2C)n1N=Cc1ccc(SC)cc1. The van der Waals surface area contributed by atoms with Crippen LogP contribution >= 0.6 is 23.1 Å². The van der Waals surface area contributed by atoms with Crippen LogP contribution in [-0.2, 0) is 0 Å². The van der Waals surface area contributed by atoms with Crippen LogP contribution in [0.2, 0.25) is 0 Å². The summed E-state index contributed by atoms with van der Waals surface area (Å²) in [5.74, 6) is 0. The summed E-state index contributed by atoms with van der Waals surface area (Å²) in [4.78, 5) is 6.53. The van der Waals surface area contributed by atoms with Crippen molar-refractivity contribution in [2.45, 2.75) is 25.7 Å². The van der Waals surface area contributed by atoms with Crippen LogP contribution in [0.1, 0.15) is 22.3 Å². The predicted octanol–water partition coefficient (Wildman–Crippen LogP) is 5.28. The summed E-state index contributed by atoms with van der Waals surface area (Å²) in [6.07, 6.45) is 3.98. The average Bonchev–Trinajstić information content (AvgIpc) is 3.06. The Bertz CT molecular complexity index is 1010. The van der Waals surface area contributed by atoms with Crippen molar-refractivity contribution >= 4 is 29.3 Å². The maximum absolute atomic E-state index is 4.73. The van der Waals surface area contributed by atoms with Crippen LogP contribution in [0.4, 0.5) is 0 Å². The molecular formula is C21H23N3S2. The number of hydrogen-bond acceptors (Lipinski definition) is 4. The van der Waals surface area contributed by atoms with Crippen LogP contribution in [0.15, 0.2) is 56.8 Å². The van der Waals surface area contributed by atoms with E-state index in [0.717, 1.165) is 16.1 Å². The van der Waals surface area contributed by atoms with E-state index in [9.17, 15) is 0 Å². The number of hydrogen-bond donors (Lipinski definition) is 0. The number of thioether (sulfide) groups is 1. The summed E-state index contributed by atoms with van der Waals surface area (Å²) in [7, 11) is 1.81. The molecule has 0 unspecified atom stereocenters. The number of benzene rings is 2. The van der Waals surface area contributed by atoms with Gasteiger partial charge in [-0.2, -0.15) is 5.10 Å². The molecule has 0 fully saturated rings. The Hall–Kier alpha value is -2.11. The van der Waals surface area contributed by atoms with E-state index in [0.29, 0.717) is 0 Å². The van der Waals surface area contributed by atoms with Gasteiger partial charge in [-0.1, -0.05) is 18.2 Å². The van der Waals surface area contributed by atoms with Gasteiger partial charge in [0.2, 0.25) is 4.80 Å². The van der Waals surface area contributed by atoms with Crippen molar-refractivity contribution in [1.29, 1.82) is 0 Å². The van der Waals surface area contributed by atoms with E-state index in [1.165, 1.54) is 27.1 Å². The van der Waals surface area contributed by atoms with Crippen LogP contribution < -0.4 is 4.80 Å². The molecule has 0 aliphatic rings. The second kappa shape index (κ2) is 8.06. The van der Waals surface area contributed by atoms with E-state index in [2.05, 4.69) is 73.8 Å². The van der Waals surface area contributed by atoms with Crippen molar-refractivity contribution in [1.82, 2.24) is 4.68 Å². The molecule has 1 aromatic heterocycles. The Kier molecular flexibility index (Phi) is 5.79.